The highest BCUT2D eigenvalue weighted by Crippen LogP contribution is 2.39. The molecule has 1 aliphatic carbocycles. The molecule has 25 heavy (non-hydrogen) atoms. The molecular formula is C18H17N5O2. The Labute approximate surface area is 143 Å². The molecule has 1 saturated carbocycles. The number of aromatic amines is 1. The molecule has 0 aliphatic heterocycles. The summed E-state index contributed by atoms with van der Waals surface area (Å²) in [6, 6.07) is 4.15. The third kappa shape index (κ3) is 2.19. The lowest BCUT2D eigenvalue weighted by molar-refractivity contribution is 0.419. The van der Waals surface area contributed by atoms with Gasteiger partial charge in [0.25, 0.3) is 5.89 Å². The van der Waals surface area contributed by atoms with Crippen molar-refractivity contribution in [2.24, 2.45) is 0 Å². The van der Waals surface area contributed by atoms with Gasteiger partial charge in [-0.05, 0) is 44.7 Å². The zero-order valence-corrected chi connectivity index (χ0v) is 14.3. The number of fused-ring (bicyclic) bond motifs is 1. The van der Waals surface area contributed by atoms with Gasteiger partial charge in [-0.2, -0.15) is 4.98 Å². The zero-order valence-electron chi connectivity index (χ0n) is 14.3. The van der Waals surface area contributed by atoms with Crippen molar-refractivity contribution in [3.8, 4) is 23.3 Å². The maximum atomic E-state index is 6.05. The molecule has 0 spiro atoms. The third-order valence-corrected chi connectivity index (χ3v) is 4.77. The highest BCUT2D eigenvalue weighted by Gasteiger charge is 2.28. The third-order valence-electron chi connectivity index (χ3n) is 4.77. The van der Waals surface area contributed by atoms with Crippen molar-refractivity contribution in [3.05, 3.63) is 34.6 Å². The van der Waals surface area contributed by atoms with Gasteiger partial charge in [-0.1, -0.05) is 17.3 Å². The van der Waals surface area contributed by atoms with Gasteiger partial charge >= 0.3 is 0 Å². The summed E-state index contributed by atoms with van der Waals surface area (Å²) in [5.41, 5.74) is 4.11. The minimum atomic E-state index is 0.347. The predicted octanol–water partition coefficient (Wildman–Crippen LogP) is 4.07. The van der Waals surface area contributed by atoms with Crippen LogP contribution in [0.1, 0.15) is 41.3 Å². The van der Waals surface area contributed by atoms with E-state index in [0.717, 1.165) is 46.3 Å². The number of aryl methyl sites for hydroxylation is 3. The van der Waals surface area contributed by atoms with Crippen molar-refractivity contribution < 1.29 is 8.94 Å². The Balaban J connectivity index is 1.59. The van der Waals surface area contributed by atoms with Gasteiger partial charge in [0.1, 0.15) is 11.4 Å². The van der Waals surface area contributed by atoms with Crippen LogP contribution in [0.25, 0.3) is 34.3 Å². The predicted molar refractivity (Wildman–Crippen MR) is 91.1 cm³/mol. The van der Waals surface area contributed by atoms with E-state index in [1.54, 1.807) is 0 Å². The maximum Gasteiger partial charge on any atom is 0.294 e. The first-order valence-electron chi connectivity index (χ1n) is 8.38. The molecule has 3 heterocycles. The number of hydrogen-bond acceptors (Lipinski definition) is 6. The van der Waals surface area contributed by atoms with Crippen LogP contribution in [-0.2, 0) is 0 Å². The van der Waals surface area contributed by atoms with E-state index in [1.165, 1.54) is 0 Å². The number of nitrogens with zero attached hydrogens (tertiary/aromatic N) is 4. The topological polar surface area (TPSA) is 93.6 Å². The van der Waals surface area contributed by atoms with Gasteiger partial charge in [0.2, 0.25) is 11.6 Å². The van der Waals surface area contributed by atoms with Crippen molar-refractivity contribution in [2.45, 2.75) is 39.5 Å². The monoisotopic (exact) mass is 335 g/mol. The van der Waals surface area contributed by atoms with E-state index in [9.17, 15) is 0 Å². The van der Waals surface area contributed by atoms with E-state index in [2.05, 4.69) is 44.4 Å². The molecule has 1 aromatic carbocycles. The minimum absolute atomic E-state index is 0.347. The second kappa shape index (κ2) is 5.02. The number of nitrogens with one attached hydrogen (secondary N) is 1. The zero-order chi connectivity index (χ0) is 17.1. The van der Waals surface area contributed by atoms with Gasteiger partial charge in [-0.3, -0.25) is 5.10 Å². The van der Waals surface area contributed by atoms with Crippen molar-refractivity contribution >= 4 is 11.0 Å². The number of furan rings is 1. The van der Waals surface area contributed by atoms with Gasteiger partial charge in [0, 0.05) is 16.9 Å². The van der Waals surface area contributed by atoms with E-state index < -0.39 is 0 Å². The molecule has 3 aromatic heterocycles. The van der Waals surface area contributed by atoms with Crippen LogP contribution in [0.2, 0.25) is 0 Å². The lowest BCUT2D eigenvalue weighted by atomic mass is 10.0. The molecule has 0 unspecified atom stereocenters. The summed E-state index contributed by atoms with van der Waals surface area (Å²) in [5, 5.41) is 12.3. The molecule has 5 rings (SSSR count). The number of aromatic nitrogens is 5. The Morgan fingerprint density at radius 3 is 2.60 bits per heavy atom. The smallest absolute Gasteiger partial charge is 0.294 e. The van der Waals surface area contributed by atoms with Gasteiger partial charge in [-0.15, -0.1) is 5.10 Å². The standard InChI is InChI=1S/C18H17N5O2/c1-8-4-5-9(2)13-12(8)10(3)14(24-13)18-20-17(23-25-18)16-19-15(21-22-16)11-6-7-11/h4-5,11H,6-7H2,1-3H3,(H,19,21,22). The molecule has 1 fully saturated rings. The first-order chi connectivity index (χ1) is 12.1. The van der Waals surface area contributed by atoms with E-state index in [-0.39, 0.29) is 0 Å². The van der Waals surface area contributed by atoms with Crippen molar-refractivity contribution in [3.63, 3.8) is 0 Å². The normalized spacial score (nSPS) is 14.5. The Morgan fingerprint density at radius 1 is 1.04 bits per heavy atom. The summed E-state index contributed by atoms with van der Waals surface area (Å²) < 4.78 is 11.5. The van der Waals surface area contributed by atoms with Crippen LogP contribution < -0.4 is 0 Å². The minimum Gasteiger partial charge on any atom is -0.450 e. The quantitative estimate of drug-likeness (QED) is 0.606. The second-order valence-corrected chi connectivity index (χ2v) is 6.70. The van der Waals surface area contributed by atoms with Crippen LogP contribution >= 0.6 is 0 Å². The fourth-order valence-corrected chi connectivity index (χ4v) is 3.20. The van der Waals surface area contributed by atoms with Crippen molar-refractivity contribution in [1.82, 2.24) is 25.3 Å². The van der Waals surface area contributed by atoms with Gasteiger partial charge < -0.3 is 8.94 Å². The number of hydrogen-bond donors (Lipinski definition) is 1. The molecule has 126 valence electrons. The van der Waals surface area contributed by atoms with Crippen LogP contribution in [0, 0.1) is 20.8 Å². The van der Waals surface area contributed by atoms with E-state index in [1.807, 2.05) is 13.8 Å². The van der Waals surface area contributed by atoms with E-state index in [4.69, 9.17) is 8.94 Å². The molecule has 0 amide bonds. The van der Waals surface area contributed by atoms with Crippen molar-refractivity contribution in [1.29, 1.82) is 0 Å². The number of rotatable bonds is 3. The summed E-state index contributed by atoms with van der Waals surface area (Å²) >= 11 is 0. The summed E-state index contributed by atoms with van der Waals surface area (Å²) in [6.07, 6.45) is 2.31. The largest absolute Gasteiger partial charge is 0.450 e. The summed E-state index contributed by atoms with van der Waals surface area (Å²) in [7, 11) is 0. The van der Waals surface area contributed by atoms with Gasteiger partial charge in [0.15, 0.2) is 5.76 Å². The summed E-state index contributed by atoms with van der Waals surface area (Å²) in [5.74, 6) is 3.16. The molecule has 0 radical (unpaired) electrons. The highest BCUT2D eigenvalue weighted by molar-refractivity contribution is 5.91. The Hall–Kier alpha value is -2.96. The molecular weight excluding hydrogens is 318 g/mol. The summed E-state index contributed by atoms with van der Waals surface area (Å²) in [6.45, 7) is 6.11. The lowest BCUT2D eigenvalue weighted by Crippen LogP contribution is -1.85. The van der Waals surface area contributed by atoms with E-state index in [0.29, 0.717) is 29.2 Å². The van der Waals surface area contributed by atoms with Crippen LogP contribution in [0.3, 0.4) is 0 Å². The first kappa shape index (κ1) is 14.4. The average Bonchev–Trinajstić information content (AvgIpc) is 3.01. The molecule has 7 nitrogen and oxygen atoms in total. The fourth-order valence-electron chi connectivity index (χ4n) is 3.20. The number of benzene rings is 1. The van der Waals surface area contributed by atoms with Crippen LogP contribution in [0.5, 0.6) is 0 Å². The van der Waals surface area contributed by atoms with Gasteiger partial charge in [0.05, 0.1) is 0 Å². The van der Waals surface area contributed by atoms with E-state index >= 15 is 0 Å². The average molecular weight is 335 g/mol. The van der Waals surface area contributed by atoms with Crippen LogP contribution in [0.4, 0.5) is 0 Å². The fraction of sp³-hybridized carbons (Fsp3) is 0.333. The molecule has 0 bridgehead atoms. The molecule has 7 heteroatoms. The Bertz CT molecular complexity index is 1100. The second-order valence-electron chi connectivity index (χ2n) is 6.70. The van der Waals surface area contributed by atoms with Crippen LogP contribution in [0.15, 0.2) is 21.1 Å². The SMILES string of the molecule is Cc1ccc(C)c2c(C)c(-c3nc(-c4n[nH]c(C5CC5)n4)no3)oc12. The van der Waals surface area contributed by atoms with Crippen LogP contribution in [-0.4, -0.2) is 25.3 Å². The molecule has 4 aromatic rings. The van der Waals surface area contributed by atoms with Gasteiger partial charge in [-0.25, -0.2) is 4.98 Å². The molecule has 1 N–H and O–H groups in total. The Kier molecular flexibility index (Phi) is 2.89. The molecule has 0 saturated heterocycles. The highest BCUT2D eigenvalue weighted by atomic mass is 16.5. The number of H-pyrrole nitrogens is 1. The Morgan fingerprint density at radius 2 is 1.84 bits per heavy atom. The summed E-state index contributed by atoms with van der Waals surface area (Å²) in [4.78, 5) is 8.90. The maximum absolute atomic E-state index is 6.05. The lowest BCUT2D eigenvalue weighted by Gasteiger charge is -1.98. The first-order valence-corrected chi connectivity index (χ1v) is 8.38. The van der Waals surface area contributed by atoms with Crippen molar-refractivity contribution in [2.75, 3.05) is 0 Å². The molecule has 1 aliphatic rings. The molecule has 0 atom stereocenters.